The van der Waals surface area contributed by atoms with E-state index in [2.05, 4.69) is 0 Å². The van der Waals surface area contributed by atoms with E-state index < -0.39 is 17.8 Å². The Morgan fingerprint density at radius 1 is 0.974 bits per heavy atom. The van der Waals surface area contributed by atoms with Gasteiger partial charge in [-0.1, -0.05) is 18.2 Å². The van der Waals surface area contributed by atoms with Gasteiger partial charge in [-0.05, 0) is 42.0 Å². The van der Waals surface area contributed by atoms with Gasteiger partial charge in [0.25, 0.3) is 5.91 Å². The lowest BCUT2D eigenvalue weighted by molar-refractivity contribution is -0.135. The summed E-state index contributed by atoms with van der Waals surface area (Å²) < 4.78 is 33.4. The number of ether oxygens (including phenoxy) is 6. The second kappa shape index (κ2) is 10.4. The molecule has 39 heavy (non-hydrogen) atoms. The Hall–Kier alpha value is -4.99. The number of benzene rings is 3. The summed E-state index contributed by atoms with van der Waals surface area (Å²) in [5.41, 5.74) is 7.39. The van der Waals surface area contributed by atoms with Crippen LogP contribution in [0, 0.1) is 0 Å². The molecule has 2 N–H and O–H groups in total. The highest BCUT2D eigenvalue weighted by Gasteiger charge is 2.39. The minimum atomic E-state index is -0.647. The van der Waals surface area contributed by atoms with Crippen LogP contribution in [0.5, 0.6) is 34.5 Å². The second-order valence-electron chi connectivity index (χ2n) is 8.77. The van der Waals surface area contributed by atoms with Crippen LogP contribution in [0.3, 0.4) is 0 Å². The predicted molar refractivity (Wildman–Crippen MR) is 139 cm³/mol. The summed E-state index contributed by atoms with van der Waals surface area (Å²) in [6, 6.07) is 13.6. The molecular formula is C29H25NO9. The maximum absolute atomic E-state index is 13.4. The van der Waals surface area contributed by atoms with Crippen molar-refractivity contribution in [3.8, 4) is 34.5 Å². The molecule has 3 aromatic carbocycles. The van der Waals surface area contributed by atoms with Crippen molar-refractivity contribution in [3.05, 3.63) is 76.5 Å². The third-order valence-electron chi connectivity index (χ3n) is 6.46. The number of amides is 1. The number of hydrogen-bond acceptors (Lipinski definition) is 9. The number of hydrogen-bond donors (Lipinski definition) is 1. The molecule has 0 unspecified atom stereocenters. The molecule has 2 aliphatic rings. The summed E-state index contributed by atoms with van der Waals surface area (Å²) in [5, 5.41) is 0. The molecule has 2 aliphatic heterocycles. The molecule has 0 radical (unpaired) electrons. The summed E-state index contributed by atoms with van der Waals surface area (Å²) >= 11 is 0. The lowest BCUT2D eigenvalue weighted by Crippen LogP contribution is -2.22. The van der Waals surface area contributed by atoms with Gasteiger partial charge in [0.1, 0.15) is 11.5 Å². The maximum atomic E-state index is 13.4. The van der Waals surface area contributed by atoms with Crippen molar-refractivity contribution >= 4 is 23.7 Å². The van der Waals surface area contributed by atoms with E-state index in [1.54, 1.807) is 54.6 Å². The average Bonchev–Trinajstić information content (AvgIpc) is 3.25. The molecule has 0 aliphatic carbocycles. The van der Waals surface area contributed by atoms with Gasteiger partial charge in [0, 0.05) is 17.0 Å². The number of carbonyl (C=O) groups excluding carboxylic acids is 3. The molecule has 0 saturated carbocycles. The van der Waals surface area contributed by atoms with Crippen molar-refractivity contribution in [3.63, 3.8) is 0 Å². The molecule has 0 saturated heterocycles. The SMILES string of the molecule is COc1ccc([C@@H]2CC(=O)Oc3ccc4c(c32)O/C(=C\c2cccc(OC)c2OC)C4=O)cc1OCC(N)=O. The molecule has 0 aromatic heterocycles. The van der Waals surface area contributed by atoms with Crippen molar-refractivity contribution < 1.29 is 42.8 Å². The largest absolute Gasteiger partial charge is 0.493 e. The Kier molecular flexibility index (Phi) is 6.84. The monoisotopic (exact) mass is 531 g/mol. The summed E-state index contributed by atoms with van der Waals surface area (Å²) in [6.45, 7) is -0.349. The van der Waals surface area contributed by atoms with Crippen molar-refractivity contribution in [2.24, 2.45) is 5.73 Å². The number of rotatable bonds is 8. The Balaban J connectivity index is 1.58. The zero-order valence-corrected chi connectivity index (χ0v) is 21.4. The van der Waals surface area contributed by atoms with Crippen LogP contribution < -0.4 is 34.2 Å². The molecule has 5 rings (SSSR count). The van der Waals surface area contributed by atoms with Crippen LogP contribution in [-0.2, 0) is 9.59 Å². The molecule has 10 heteroatoms. The normalized spacial score (nSPS) is 16.6. The van der Waals surface area contributed by atoms with Gasteiger partial charge in [0.2, 0.25) is 5.78 Å². The fraction of sp³-hybridized carbons (Fsp3) is 0.207. The quantitative estimate of drug-likeness (QED) is 0.263. The van der Waals surface area contributed by atoms with Gasteiger partial charge in [0.05, 0.1) is 33.3 Å². The summed E-state index contributed by atoms with van der Waals surface area (Å²) in [4.78, 5) is 37.2. The maximum Gasteiger partial charge on any atom is 0.312 e. The molecule has 3 aromatic rings. The first-order valence-corrected chi connectivity index (χ1v) is 12.0. The number of ketones is 1. The number of para-hydroxylation sites is 1. The zero-order valence-electron chi connectivity index (χ0n) is 21.4. The van der Waals surface area contributed by atoms with Crippen molar-refractivity contribution in [1.82, 2.24) is 0 Å². The number of fused-ring (bicyclic) bond motifs is 3. The molecule has 0 spiro atoms. The fourth-order valence-corrected chi connectivity index (χ4v) is 4.73. The molecule has 1 amide bonds. The number of nitrogens with two attached hydrogens (primary N) is 1. The van der Waals surface area contributed by atoms with E-state index in [4.69, 9.17) is 34.2 Å². The standard InChI is InChI=1S/C29H25NO9/c1-34-19-9-7-15(11-22(19)37-14-24(30)31)18-13-25(32)38-20-10-8-17-27(33)23(39-29(17)26(18)20)12-16-5-4-6-21(35-2)28(16)36-3/h4-12,18H,13-14H2,1-3H3,(H2,30,31)/b23-12-/t18-/m0/s1. The molecular weight excluding hydrogens is 506 g/mol. The van der Waals surface area contributed by atoms with Crippen molar-refractivity contribution in [2.45, 2.75) is 12.3 Å². The minimum Gasteiger partial charge on any atom is -0.493 e. The predicted octanol–water partition coefficient (Wildman–Crippen LogP) is 3.63. The summed E-state index contributed by atoms with van der Waals surface area (Å²) in [7, 11) is 4.51. The highest BCUT2D eigenvalue weighted by atomic mass is 16.5. The Bertz CT molecular complexity index is 1530. The molecule has 2 heterocycles. The number of esters is 1. The second-order valence-corrected chi connectivity index (χ2v) is 8.77. The average molecular weight is 532 g/mol. The van der Waals surface area contributed by atoms with E-state index in [-0.39, 0.29) is 30.3 Å². The van der Waals surface area contributed by atoms with Gasteiger partial charge in [-0.3, -0.25) is 14.4 Å². The lowest BCUT2D eigenvalue weighted by Gasteiger charge is -2.26. The highest BCUT2D eigenvalue weighted by Crippen LogP contribution is 2.50. The smallest absolute Gasteiger partial charge is 0.312 e. The lowest BCUT2D eigenvalue weighted by atomic mass is 9.84. The van der Waals surface area contributed by atoms with Crippen LogP contribution in [0.2, 0.25) is 0 Å². The van der Waals surface area contributed by atoms with E-state index in [1.807, 2.05) is 0 Å². The molecule has 0 fully saturated rings. The molecule has 200 valence electrons. The number of allylic oxidation sites excluding steroid dienone is 1. The van der Waals surface area contributed by atoms with Gasteiger partial charge in [-0.15, -0.1) is 0 Å². The first-order chi connectivity index (χ1) is 18.8. The number of Topliss-reactive ketones (excluding diaryl/α,β-unsaturated/α-hetero) is 1. The zero-order chi connectivity index (χ0) is 27.7. The third kappa shape index (κ3) is 4.72. The Labute approximate surface area is 223 Å². The van der Waals surface area contributed by atoms with E-state index in [0.29, 0.717) is 51.0 Å². The number of primary amides is 1. The van der Waals surface area contributed by atoms with E-state index >= 15 is 0 Å². The van der Waals surface area contributed by atoms with Crippen LogP contribution in [0.15, 0.2) is 54.3 Å². The van der Waals surface area contributed by atoms with Crippen molar-refractivity contribution in [1.29, 1.82) is 0 Å². The van der Waals surface area contributed by atoms with E-state index in [9.17, 15) is 14.4 Å². The Morgan fingerprint density at radius 2 is 1.77 bits per heavy atom. The number of methoxy groups -OCH3 is 3. The first kappa shape index (κ1) is 25.7. The van der Waals surface area contributed by atoms with Gasteiger partial charge in [0.15, 0.2) is 35.4 Å². The van der Waals surface area contributed by atoms with Crippen LogP contribution in [0.1, 0.15) is 39.4 Å². The third-order valence-corrected chi connectivity index (χ3v) is 6.46. The van der Waals surface area contributed by atoms with Gasteiger partial charge >= 0.3 is 5.97 Å². The molecule has 10 nitrogen and oxygen atoms in total. The number of carbonyl (C=O) groups is 3. The Morgan fingerprint density at radius 3 is 2.49 bits per heavy atom. The molecule has 0 bridgehead atoms. The van der Waals surface area contributed by atoms with E-state index in [0.717, 1.165) is 0 Å². The van der Waals surface area contributed by atoms with Crippen LogP contribution in [-0.4, -0.2) is 45.6 Å². The summed E-state index contributed by atoms with van der Waals surface area (Å²) in [6.07, 6.45) is 1.58. The van der Waals surface area contributed by atoms with Crippen LogP contribution >= 0.6 is 0 Å². The molecule has 1 atom stereocenters. The van der Waals surface area contributed by atoms with Crippen LogP contribution in [0.25, 0.3) is 6.08 Å². The van der Waals surface area contributed by atoms with Gasteiger partial charge in [-0.2, -0.15) is 0 Å². The van der Waals surface area contributed by atoms with Gasteiger partial charge in [-0.25, -0.2) is 0 Å². The van der Waals surface area contributed by atoms with Crippen LogP contribution in [0.4, 0.5) is 0 Å². The minimum absolute atomic E-state index is 0.00858. The van der Waals surface area contributed by atoms with Gasteiger partial charge < -0.3 is 34.2 Å². The van der Waals surface area contributed by atoms with E-state index in [1.165, 1.54) is 21.3 Å². The first-order valence-electron chi connectivity index (χ1n) is 12.0. The highest BCUT2D eigenvalue weighted by molar-refractivity contribution is 6.15. The topological polar surface area (TPSA) is 133 Å². The summed E-state index contributed by atoms with van der Waals surface area (Å²) in [5.74, 6) is 0.367. The fourth-order valence-electron chi connectivity index (χ4n) is 4.73. The van der Waals surface area contributed by atoms with Crippen molar-refractivity contribution in [2.75, 3.05) is 27.9 Å².